The summed E-state index contributed by atoms with van der Waals surface area (Å²) in [6.45, 7) is 0.262. The zero-order valence-electron chi connectivity index (χ0n) is 16.4. The number of benzene rings is 3. The van der Waals surface area contributed by atoms with E-state index in [1.807, 2.05) is 6.07 Å². The van der Waals surface area contributed by atoms with Crippen LogP contribution < -0.4 is 14.9 Å². The van der Waals surface area contributed by atoms with Crippen molar-refractivity contribution >= 4 is 33.7 Å². The number of hydrogen-bond acceptors (Lipinski definition) is 6. The van der Waals surface area contributed by atoms with Gasteiger partial charge in [-0.05, 0) is 53.6 Å². The molecule has 0 fully saturated rings. The number of nitrogens with one attached hydrogen (secondary N) is 1. The highest BCUT2D eigenvalue weighted by molar-refractivity contribution is 9.10. The van der Waals surface area contributed by atoms with E-state index in [1.54, 1.807) is 48.5 Å². The minimum Gasteiger partial charge on any atom is -0.496 e. The van der Waals surface area contributed by atoms with Crippen LogP contribution in [-0.4, -0.2) is 24.2 Å². The molecule has 0 saturated heterocycles. The van der Waals surface area contributed by atoms with Crippen LogP contribution in [0.4, 0.5) is 5.69 Å². The van der Waals surface area contributed by atoms with Crippen molar-refractivity contribution < 1.29 is 19.2 Å². The SMILES string of the molecule is COc1ccc(Br)cc1C(=O)N/N=C\c1cccc(OCc2ccc([N+](=O)[O-])cc2)c1. The fourth-order valence-corrected chi connectivity index (χ4v) is 3.01. The summed E-state index contributed by atoms with van der Waals surface area (Å²) in [5, 5.41) is 14.7. The lowest BCUT2D eigenvalue weighted by molar-refractivity contribution is -0.384. The molecule has 3 aromatic rings. The molecule has 3 rings (SSSR count). The second-order valence-corrected chi connectivity index (χ2v) is 7.24. The number of amides is 1. The summed E-state index contributed by atoms with van der Waals surface area (Å²) in [5.41, 5.74) is 4.39. The van der Waals surface area contributed by atoms with Crippen molar-refractivity contribution in [2.24, 2.45) is 5.10 Å². The smallest absolute Gasteiger partial charge is 0.275 e. The van der Waals surface area contributed by atoms with Gasteiger partial charge in [-0.25, -0.2) is 5.43 Å². The van der Waals surface area contributed by atoms with Crippen LogP contribution in [0.2, 0.25) is 0 Å². The topological polar surface area (TPSA) is 103 Å². The summed E-state index contributed by atoms with van der Waals surface area (Å²) in [6.07, 6.45) is 1.50. The minimum atomic E-state index is -0.446. The van der Waals surface area contributed by atoms with E-state index < -0.39 is 10.8 Å². The third kappa shape index (κ3) is 6.13. The van der Waals surface area contributed by atoms with Gasteiger partial charge in [0.1, 0.15) is 18.1 Å². The summed E-state index contributed by atoms with van der Waals surface area (Å²) >= 11 is 3.33. The summed E-state index contributed by atoms with van der Waals surface area (Å²) < 4.78 is 11.7. The van der Waals surface area contributed by atoms with Crippen LogP contribution in [0.1, 0.15) is 21.5 Å². The summed E-state index contributed by atoms with van der Waals surface area (Å²) in [4.78, 5) is 22.6. The third-order valence-electron chi connectivity index (χ3n) is 4.20. The van der Waals surface area contributed by atoms with Gasteiger partial charge in [0.05, 0.1) is 23.8 Å². The Balaban J connectivity index is 1.60. The van der Waals surface area contributed by atoms with Crippen LogP contribution in [0, 0.1) is 10.1 Å². The molecule has 1 N–H and O–H groups in total. The van der Waals surface area contributed by atoms with Gasteiger partial charge in [0.2, 0.25) is 0 Å². The molecular formula is C22H18BrN3O5. The Kier molecular flexibility index (Phi) is 7.34. The first-order valence-corrected chi connectivity index (χ1v) is 9.88. The lowest BCUT2D eigenvalue weighted by atomic mass is 10.2. The largest absolute Gasteiger partial charge is 0.496 e. The maximum absolute atomic E-state index is 12.4. The van der Waals surface area contributed by atoms with Gasteiger partial charge in [0.25, 0.3) is 11.6 Å². The first kappa shape index (κ1) is 22.0. The standard InChI is InChI=1S/C22H18BrN3O5/c1-30-21-10-7-17(23)12-20(21)22(27)25-24-13-16-3-2-4-19(11-16)31-14-15-5-8-18(9-6-15)26(28)29/h2-13H,14H2,1H3,(H,25,27)/b24-13-. The number of halogens is 1. The highest BCUT2D eigenvalue weighted by Crippen LogP contribution is 2.23. The van der Waals surface area contributed by atoms with Crippen LogP contribution in [0.25, 0.3) is 0 Å². The van der Waals surface area contributed by atoms with Crippen molar-refractivity contribution in [2.75, 3.05) is 7.11 Å². The van der Waals surface area contributed by atoms with Crippen molar-refractivity contribution in [3.63, 3.8) is 0 Å². The summed E-state index contributed by atoms with van der Waals surface area (Å²) in [5.74, 6) is 0.639. The van der Waals surface area contributed by atoms with E-state index in [1.165, 1.54) is 25.5 Å². The van der Waals surface area contributed by atoms with Gasteiger partial charge in [-0.1, -0.05) is 28.1 Å². The second kappa shape index (κ2) is 10.4. The van der Waals surface area contributed by atoms with Gasteiger partial charge in [-0.3, -0.25) is 14.9 Å². The van der Waals surface area contributed by atoms with Crippen molar-refractivity contribution in [2.45, 2.75) is 6.61 Å². The molecule has 0 atom stereocenters. The molecule has 1 amide bonds. The molecule has 31 heavy (non-hydrogen) atoms. The Hall–Kier alpha value is -3.72. The molecule has 0 bridgehead atoms. The normalized spacial score (nSPS) is 10.6. The third-order valence-corrected chi connectivity index (χ3v) is 4.69. The fraction of sp³-hybridized carbons (Fsp3) is 0.0909. The van der Waals surface area contributed by atoms with Crippen molar-refractivity contribution in [3.05, 3.63) is 98.0 Å². The van der Waals surface area contributed by atoms with E-state index in [0.717, 1.165) is 15.6 Å². The number of hydrazone groups is 1. The Morgan fingerprint density at radius 3 is 2.65 bits per heavy atom. The molecule has 0 unspecified atom stereocenters. The number of hydrogen-bond donors (Lipinski definition) is 1. The molecule has 158 valence electrons. The van der Waals surface area contributed by atoms with Crippen LogP contribution in [-0.2, 0) is 6.61 Å². The number of nitro groups is 1. The van der Waals surface area contributed by atoms with E-state index in [-0.39, 0.29) is 12.3 Å². The molecule has 0 aliphatic heterocycles. The Morgan fingerprint density at radius 1 is 1.16 bits per heavy atom. The van der Waals surface area contributed by atoms with Gasteiger partial charge in [0, 0.05) is 16.6 Å². The van der Waals surface area contributed by atoms with Crippen LogP contribution in [0.15, 0.2) is 76.3 Å². The van der Waals surface area contributed by atoms with Gasteiger partial charge >= 0.3 is 0 Å². The molecule has 8 nitrogen and oxygen atoms in total. The van der Waals surface area contributed by atoms with Gasteiger partial charge in [-0.2, -0.15) is 5.10 Å². The monoisotopic (exact) mass is 483 g/mol. The number of methoxy groups -OCH3 is 1. The number of carbonyl (C=O) groups excluding carboxylic acids is 1. The van der Waals surface area contributed by atoms with Crippen LogP contribution in [0.3, 0.4) is 0 Å². The number of nitrogens with zero attached hydrogens (tertiary/aromatic N) is 2. The van der Waals surface area contributed by atoms with Gasteiger partial charge < -0.3 is 9.47 Å². The highest BCUT2D eigenvalue weighted by Gasteiger charge is 2.12. The molecule has 0 aliphatic rings. The van der Waals surface area contributed by atoms with Crippen molar-refractivity contribution in [1.82, 2.24) is 5.43 Å². The van der Waals surface area contributed by atoms with E-state index in [9.17, 15) is 14.9 Å². The van der Waals surface area contributed by atoms with E-state index in [4.69, 9.17) is 9.47 Å². The van der Waals surface area contributed by atoms with E-state index >= 15 is 0 Å². The molecule has 0 saturated carbocycles. The first-order valence-electron chi connectivity index (χ1n) is 9.09. The first-order chi connectivity index (χ1) is 15.0. The number of non-ortho nitro benzene ring substituents is 1. The zero-order chi connectivity index (χ0) is 22.2. The van der Waals surface area contributed by atoms with E-state index in [2.05, 4.69) is 26.5 Å². The average molecular weight is 484 g/mol. The predicted molar refractivity (Wildman–Crippen MR) is 120 cm³/mol. The lowest BCUT2D eigenvalue weighted by Crippen LogP contribution is -2.18. The molecule has 0 aliphatic carbocycles. The van der Waals surface area contributed by atoms with E-state index in [0.29, 0.717) is 17.1 Å². The molecule has 0 heterocycles. The summed E-state index contributed by atoms with van der Waals surface area (Å²) in [7, 11) is 1.49. The maximum atomic E-state index is 12.4. The quantitative estimate of drug-likeness (QED) is 0.284. The van der Waals surface area contributed by atoms with Crippen molar-refractivity contribution in [1.29, 1.82) is 0 Å². The average Bonchev–Trinajstić information content (AvgIpc) is 2.78. The number of nitro benzene ring substituents is 1. The number of ether oxygens (including phenoxy) is 2. The predicted octanol–water partition coefficient (Wildman–Crippen LogP) is 4.71. The van der Waals surface area contributed by atoms with Crippen LogP contribution in [0.5, 0.6) is 11.5 Å². The van der Waals surface area contributed by atoms with Gasteiger partial charge in [0.15, 0.2) is 0 Å². The molecule has 0 aromatic heterocycles. The second-order valence-electron chi connectivity index (χ2n) is 6.33. The fourth-order valence-electron chi connectivity index (χ4n) is 2.65. The minimum absolute atomic E-state index is 0.0319. The lowest BCUT2D eigenvalue weighted by Gasteiger charge is -2.08. The van der Waals surface area contributed by atoms with Crippen LogP contribution >= 0.6 is 15.9 Å². The zero-order valence-corrected chi connectivity index (χ0v) is 18.0. The van der Waals surface area contributed by atoms with Crippen molar-refractivity contribution in [3.8, 4) is 11.5 Å². The number of carbonyl (C=O) groups is 1. The Morgan fingerprint density at radius 2 is 1.94 bits per heavy atom. The van der Waals surface area contributed by atoms with Gasteiger partial charge in [-0.15, -0.1) is 0 Å². The highest BCUT2D eigenvalue weighted by atomic mass is 79.9. The molecular weight excluding hydrogens is 466 g/mol. The molecule has 0 radical (unpaired) electrons. The molecule has 0 spiro atoms. The molecule has 3 aromatic carbocycles. The molecule has 9 heteroatoms. The number of rotatable bonds is 8. The Labute approximate surface area is 186 Å². The maximum Gasteiger partial charge on any atom is 0.275 e. The Bertz CT molecular complexity index is 1120. The summed E-state index contributed by atoms with van der Waals surface area (Å²) in [6, 6.07) is 18.4.